The quantitative estimate of drug-likeness (QED) is 0.267. The van der Waals surface area contributed by atoms with E-state index in [0.717, 1.165) is 13.0 Å². The van der Waals surface area contributed by atoms with E-state index in [0.29, 0.717) is 0 Å². The molecule has 0 aromatic rings. The molecule has 0 spiro atoms. The number of nitrogens with one attached hydrogen (secondary N) is 1. The molecule has 0 heterocycles. The molecule has 1 N–H and O–H groups in total. The minimum atomic E-state index is -3.22. The molecule has 0 bridgehead atoms. The fraction of sp³-hybridized carbons (Fsp3) is 1.00. The van der Waals surface area contributed by atoms with Gasteiger partial charge < -0.3 is 14.4 Å². The van der Waals surface area contributed by atoms with E-state index in [1.807, 2.05) is 41.5 Å². The van der Waals surface area contributed by atoms with E-state index in [4.69, 9.17) is 9.05 Å². The van der Waals surface area contributed by atoms with E-state index >= 15 is 0 Å². The van der Waals surface area contributed by atoms with Gasteiger partial charge in [0.15, 0.2) is 0 Å². The summed E-state index contributed by atoms with van der Waals surface area (Å²) in [6.45, 7) is 14.5. The van der Waals surface area contributed by atoms with E-state index in [2.05, 4.69) is 12.2 Å². The number of unbranched alkanes of at least 4 members (excludes halogenated alkanes) is 7. The molecule has 0 amide bonds. The number of hydrogen-bond acceptors (Lipinski definition) is 4. The molecule has 0 aliphatic carbocycles. The fourth-order valence-corrected chi connectivity index (χ4v) is 4.59. The molecule has 0 fully saturated rings. The standard InChI is InChI=1S/C19H42NO3P/c1-8-9-10-11-12-13-14-15-16-20-19(6,7)24(21,22-17(2)3)23-18(4)5/h17-18,20H,8-16H2,1-7H3. The molecule has 0 aromatic heterocycles. The predicted molar refractivity (Wildman–Crippen MR) is 105 cm³/mol. The highest BCUT2D eigenvalue weighted by Gasteiger charge is 2.44. The Morgan fingerprint density at radius 3 is 1.67 bits per heavy atom. The van der Waals surface area contributed by atoms with Gasteiger partial charge in [-0.3, -0.25) is 4.57 Å². The lowest BCUT2D eigenvalue weighted by atomic mass is 10.1. The minimum absolute atomic E-state index is 0.126. The number of rotatable bonds is 15. The molecule has 0 aliphatic heterocycles. The minimum Gasteiger partial charge on any atom is -0.305 e. The molecule has 5 heteroatoms. The van der Waals surface area contributed by atoms with Crippen molar-refractivity contribution in [2.75, 3.05) is 6.54 Å². The third-order valence-corrected chi connectivity index (χ3v) is 6.90. The van der Waals surface area contributed by atoms with Gasteiger partial charge in [0.05, 0.1) is 12.2 Å². The van der Waals surface area contributed by atoms with Crippen LogP contribution < -0.4 is 5.32 Å². The lowest BCUT2D eigenvalue weighted by Gasteiger charge is -2.36. The van der Waals surface area contributed by atoms with E-state index in [1.54, 1.807) is 0 Å². The predicted octanol–water partition coefficient (Wildman–Crippen LogP) is 6.50. The van der Waals surface area contributed by atoms with Gasteiger partial charge >= 0.3 is 7.60 Å². The highest BCUT2D eigenvalue weighted by molar-refractivity contribution is 7.55. The van der Waals surface area contributed by atoms with Crippen LogP contribution in [-0.4, -0.2) is 24.0 Å². The second kappa shape index (κ2) is 12.5. The summed E-state index contributed by atoms with van der Waals surface area (Å²) in [6, 6.07) is 0. The van der Waals surface area contributed by atoms with E-state index in [9.17, 15) is 4.57 Å². The largest absolute Gasteiger partial charge is 0.350 e. The van der Waals surface area contributed by atoms with Crippen LogP contribution in [0.25, 0.3) is 0 Å². The van der Waals surface area contributed by atoms with E-state index in [1.165, 1.54) is 44.9 Å². The smallest absolute Gasteiger partial charge is 0.305 e. The van der Waals surface area contributed by atoms with Gasteiger partial charge in [-0.05, 0) is 54.5 Å². The average Bonchev–Trinajstić information content (AvgIpc) is 2.43. The van der Waals surface area contributed by atoms with Gasteiger partial charge in [0.1, 0.15) is 5.28 Å². The first-order chi connectivity index (χ1) is 11.1. The van der Waals surface area contributed by atoms with Gasteiger partial charge in [-0.25, -0.2) is 0 Å². The van der Waals surface area contributed by atoms with Crippen LogP contribution >= 0.6 is 7.60 Å². The molecule has 0 atom stereocenters. The van der Waals surface area contributed by atoms with Crippen LogP contribution in [0.2, 0.25) is 0 Å². The molecule has 0 rings (SSSR count). The Bertz CT molecular complexity index is 343. The second-order valence-electron chi connectivity index (χ2n) is 7.77. The maximum atomic E-state index is 13.2. The monoisotopic (exact) mass is 363 g/mol. The van der Waals surface area contributed by atoms with Crippen LogP contribution in [0.15, 0.2) is 0 Å². The molecule has 0 unspecified atom stereocenters. The zero-order valence-corrected chi connectivity index (χ0v) is 18.1. The Hall–Kier alpha value is 0.110. The lowest BCUT2D eigenvalue weighted by molar-refractivity contribution is 0.124. The molecule has 0 radical (unpaired) electrons. The molecule has 4 nitrogen and oxygen atoms in total. The topological polar surface area (TPSA) is 47.6 Å². The van der Waals surface area contributed by atoms with Gasteiger partial charge in [-0.2, -0.15) is 0 Å². The van der Waals surface area contributed by atoms with Crippen molar-refractivity contribution >= 4 is 7.60 Å². The van der Waals surface area contributed by atoms with Crippen molar-refractivity contribution in [3.05, 3.63) is 0 Å². The maximum absolute atomic E-state index is 13.2. The first-order valence-electron chi connectivity index (χ1n) is 9.86. The lowest BCUT2D eigenvalue weighted by Crippen LogP contribution is -2.41. The Balaban J connectivity index is 4.21. The molecule has 0 saturated heterocycles. The van der Waals surface area contributed by atoms with Crippen molar-refractivity contribution < 1.29 is 13.6 Å². The molecule has 146 valence electrons. The summed E-state index contributed by atoms with van der Waals surface area (Å²) in [5, 5.41) is 2.73. The normalized spacial score (nSPS) is 13.2. The zero-order chi connectivity index (χ0) is 18.6. The summed E-state index contributed by atoms with van der Waals surface area (Å²) in [6.07, 6.45) is 10.1. The van der Waals surface area contributed by atoms with Crippen molar-refractivity contribution in [3.8, 4) is 0 Å². The third kappa shape index (κ3) is 10.2. The summed E-state index contributed by atoms with van der Waals surface area (Å²) in [5.41, 5.74) is 0. The maximum Gasteiger partial charge on any atom is 0.350 e. The summed E-state index contributed by atoms with van der Waals surface area (Å²) >= 11 is 0. The Morgan fingerprint density at radius 2 is 1.25 bits per heavy atom. The van der Waals surface area contributed by atoms with Crippen molar-refractivity contribution in [2.45, 2.75) is 117 Å². The Kier molecular flexibility index (Phi) is 12.5. The average molecular weight is 364 g/mol. The Labute approximate surface area is 151 Å². The van der Waals surface area contributed by atoms with Crippen LogP contribution in [0.4, 0.5) is 0 Å². The van der Waals surface area contributed by atoms with Gasteiger partial charge in [-0.15, -0.1) is 0 Å². The van der Waals surface area contributed by atoms with Gasteiger partial charge in [0, 0.05) is 0 Å². The van der Waals surface area contributed by atoms with E-state index < -0.39 is 12.9 Å². The van der Waals surface area contributed by atoms with Crippen LogP contribution in [-0.2, 0) is 13.6 Å². The third-order valence-electron chi connectivity index (χ3n) is 3.97. The summed E-state index contributed by atoms with van der Waals surface area (Å²) in [5.74, 6) is 0. The number of hydrogen-bond donors (Lipinski definition) is 1. The van der Waals surface area contributed by atoms with Crippen LogP contribution in [0.5, 0.6) is 0 Å². The highest BCUT2D eigenvalue weighted by atomic mass is 31.2. The molecule has 24 heavy (non-hydrogen) atoms. The van der Waals surface area contributed by atoms with Crippen LogP contribution in [0.3, 0.4) is 0 Å². The SMILES string of the molecule is CCCCCCCCCCNC(C)(C)P(=O)(OC(C)C)OC(C)C. The molecule has 0 saturated carbocycles. The Morgan fingerprint density at radius 1 is 0.833 bits per heavy atom. The molecule has 0 aromatic carbocycles. The van der Waals surface area contributed by atoms with E-state index in [-0.39, 0.29) is 12.2 Å². The van der Waals surface area contributed by atoms with Gasteiger partial charge in [0.2, 0.25) is 0 Å². The van der Waals surface area contributed by atoms with Gasteiger partial charge in [-0.1, -0.05) is 51.9 Å². The van der Waals surface area contributed by atoms with Crippen LogP contribution in [0.1, 0.15) is 99.8 Å². The summed E-state index contributed by atoms with van der Waals surface area (Å²) < 4.78 is 24.7. The molecule has 0 aliphatic rings. The van der Waals surface area contributed by atoms with Crippen molar-refractivity contribution in [1.82, 2.24) is 5.32 Å². The summed E-state index contributed by atoms with van der Waals surface area (Å²) in [4.78, 5) is 0. The highest BCUT2D eigenvalue weighted by Crippen LogP contribution is 2.60. The van der Waals surface area contributed by atoms with Crippen LogP contribution in [0, 0.1) is 0 Å². The fourth-order valence-electron chi connectivity index (χ4n) is 2.59. The molecular formula is C19H42NO3P. The van der Waals surface area contributed by atoms with Gasteiger partial charge in [0.25, 0.3) is 0 Å². The molecular weight excluding hydrogens is 321 g/mol. The first kappa shape index (κ1) is 24.1. The summed E-state index contributed by atoms with van der Waals surface area (Å²) in [7, 11) is -3.22. The van der Waals surface area contributed by atoms with Crippen molar-refractivity contribution in [2.24, 2.45) is 0 Å². The zero-order valence-electron chi connectivity index (χ0n) is 17.2. The second-order valence-corrected chi connectivity index (χ2v) is 10.3. The van der Waals surface area contributed by atoms with Crippen molar-refractivity contribution in [1.29, 1.82) is 0 Å². The first-order valence-corrected chi connectivity index (χ1v) is 11.4. The van der Waals surface area contributed by atoms with Crippen molar-refractivity contribution in [3.63, 3.8) is 0 Å².